The van der Waals surface area contributed by atoms with Gasteiger partial charge >= 0.3 is 0 Å². The number of anilines is 1. The summed E-state index contributed by atoms with van der Waals surface area (Å²) in [6, 6.07) is 12.1. The topological polar surface area (TPSA) is 32.3 Å². The van der Waals surface area contributed by atoms with Gasteiger partial charge in [0.25, 0.3) is 0 Å². The van der Waals surface area contributed by atoms with Crippen LogP contribution in [0, 0.1) is 0 Å². The number of nitrogens with one attached hydrogen (secondary N) is 1. The molecule has 0 saturated carbocycles. The van der Waals surface area contributed by atoms with Crippen molar-refractivity contribution in [1.29, 1.82) is 0 Å². The normalized spacial score (nSPS) is 12.6. The van der Waals surface area contributed by atoms with E-state index in [9.17, 15) is 4.21 Å². The summed E-state index contributed by atoms with van der Waals surface area (Å²) >= 11 is 0. The average Bonchev–Trinajstić information content (AvgIpc) is 2.46. The Labute approximate surface area is 123 Å². The van der Waals surface area contributed by atoms with Crippen LogP contribution in [0.2, 0.25) is 0 Å². The summed E-state index contributed by atoms with van der Waals surface area (Å²) in [5.74, 6) is 0. The number of fused-ring (bicyclic) bond motifs is 1. The van der Waals surface area contributed by atoms with Crippen LogP contribution in [0.25, 0.3) is 10.8 Å². The van der Waals surface area contributed by atoms with Crippen molar-refractivity contribution in [3.63, 3.8) is 0 Å². The molecule has 0 radical (unpaired) electrons. The zero-order valence-electron chi connectivity index (χ0n) is 12.3. The molecule has 20 heavy (non-hydrogen) atoms. The highest BCUT2D eigenvalue weighted by atomic mass is 32.2. The molecule has 1 N–H and O–H groups in total. The van der Waals surface area contributed by atoms with E-state index >= 15 is 0 Å². The highest BCUT2D eigenvalue weighted by Crippen LogP contribution is 2.29. The Kier molecular flexibility index (Phi) is 5.15. The van der Waals surface area contributed by atoms with Gasteiger partial charge in [0.15, 0.2) is 0 Å². The first kappa shape index (κ1) is 15.0. The first-order valence-corrected chi connectivity index (χ1v) is 8.14. The minimum Gasteiger partial charge on any atom is -0.377 e. The molecule has 3 nitrogen and oxygen atoms in total. The van der Waals surface area contributed by atoms with E-state index in [1.807, 2.05) is 38.4 Å². The highest BCUT2D eigenvalue weighted by molar-refractivity contribution is 7.83. The first-order chi connectivity index (χ1) is 9.65. The third-order valence-electron chi connectivity index (χ3n) is 3.30. The van der Waals surface area contributed by atoms with E-state index in [0.29, 0.717) is 0 Å². The number of nitrogens with zero attached hydrogens (tertiary/aromatic N) is 1. The summed E-state index contributed by atoms with van der Waals surface area (Å²) in [7, 11) is 2.90. The van der Waals surface area contributed by atoms with E-state index in [2.05, 4.69) is 28.7 Å². The lowest BCUT2D eigenvalue weighted by atomic mass is 10.1. The van der Waals surface area contributed by atoms with Crippen molar-refractivity contribution in [1.82, 2.24) is 4.72 Å². The summed E-state index contributed by atoms with van der Waals surface area (Å²) in [6.45, 7) is 2.92. The second-order valence-electron chi connectivity index (χ2n) is 5.04. The lowest BCUT2D eigenvalue weighted by Crippen LogP contribution is -2.18. The number of hydrogen-bond acceptors (Lipinski definition) is 2. The molecule has 0 saturated heterocycles. The van der Waals surface area contributed by atoms with Gasteiger partial charge in [-0.3, -0.25) is 0 Å². The summed E-state index contributed by atoms with van der Waals surface area (Å²) < 4.78 is 15.5. The molecular formula is C16H22N2OS. The SMILES string of the molecule is CCCCNS(=O)c1cccc2c(N(C)C)cccc12. The molecule has 0 fully saturated rings. The van der Waals surface area contributed by atoms with Crippen LogP contribution in [-0.4, -0.2) is 24.8 Å². The van der Waals surface area contributed by atoms with Crippen molar-refractivity contribution in [2.24, 2.45) is 0 Å². The highest BCUT2D eigenvalue weighted by Gasteiger charge is 2.10. The largest absolute Gasteiger partial charge is 0.377 e. The van der Waals surface area contributed by atoms with Crippen LogP contribution in [0.4, 0.5) is 5.69 Å². The molecule has 0 bridgehead atoms. The molecule has 0 aliphatic heterocycles. The van der Waals surface area contributed by atoms with E-state index in [4.69, 9.17) is 0 Å². The van der Waals surface area contributed by atoms with Gasteiger partial charge in [0.1, 0.15) is 11.0 Å². The summed E-state index contributed by atoms with van der Waals surface area (Å²) in [5.41, 5.74) is 1.15. The first-order valence-electron chi connectivity index (χ1n) is 6.99. The van der Waals surface area contributed by atoms with Crippen LogP contribution in [-0.2, 0) is 11.0 Å². The standard InChI is InChI=1S/C16H22N2OS/c1-4-5-12-17-20(19)16-11-7-8-13-14(16)9-6-10-15(13)18(2)3/h6-11,17H,4-5,12H2,1-3H3. The molecule has 2 aromatic carbocycles. The molecule has 0 amide bonds. The monoisotopic (exact) mass is 290 g/mol. The fraction of sp³-hybridized carbons (Fsp3) is 0.375. The van der Waals surface area contributed by atoms with Gasteiger partial charge in [0.2, 0.25) is 0 Å². The van der Waals surface area contributed by atoms with Gasteiger partial charge < -0.3 is 4.90 Å². The third kappa shape index (κ3) is 3.19. The Morgan fingerprint density at radius 3 is 2.50 bits per heavy atom. The van der Waals surface area contributed by atoms with Gasteiger partial charge in [0.05, 0.1) is 4.90 Å². The molecule has 0 heterocycles. The van der Waals surface area contributed by atoms with Gasteiger partial charge in [-0.2, -0.15) is 0 Å². The molecule has 2 aromatic rings. The number of unbranched alkanes of at least 4 members (excludes halogenated alkanes) is 1. The van der Waals surface area contributed by atoms with Crippen LogP contribution in [0.15, 0.2) is 41.3 Å². The fourth-order valence-electron chi connectivity index (χ4n) is 2.24. The van der Waals surface area contributed by atoms with Gasteiger partial charge in [0, 0.05) is 37.1 Å². The molecule has 4 heteroatoms. The quantitative estimate of drug-likeness (QED) is 0.828. The van der Waals surface area contributed by atoms with E-state index in [0.717, 1.165) is 40.7 Å². The second kappa shape index (κ2) is 6.86. The zero-order valence-corrected chi connectivity index (χ0v) is 13.2. The third-order valence-corrected chi connectivity index (χ3v) is 4.53. The molecule has 0 aliphatic rings. The van der Waals surface area contributed by atoms with Crippen molar-refractivity contribution in [3.05, 3.63) is 36.4 Å². The van der Waals surface area contributed by atoms with Crippen LogP contribution in [0.3, 0.4) is 0 Å². The molecule has 108 valence electrons. The molecule has 0 aliphatic carbocycles. The smallest absolute Gasteiger partial charge is 0.125 e. The Hall–Kier alpha value is -1.39. The van der Waals surface area contributed by atoms with E-state index in [1.165, 1.54) is 0 Å². The Morgan fingerprint density at radius 1 is 1.10 bits per heavy atom. The van der Waals surface area contributed by atoms with Gasteiger partial charge in [-0.1, -0.05) is 37.6 Å². The van der Waals surface area contributed by atoms with E-state index < -0.39 is 11.0 Å². The predicted octanol–water partition coefficient (Wildman–Crippen LogP) is 3.32. The molecule has 0 spiro atoms. The van der Waals surface area contributed by atoms with Crippen molar-refractivity contribution in [2.75, 3.05) is 25.5 Å². The Bertz CT molecular complexity index is 610. The molecule has 0 aromatic heterocycles. The van der Waals surface area contributed by atoms with Crippen LogP contribution in [0.5, 0.6) is 0 Å². The van der Waals surface area contributed by atoms with Gasteiger partial charge in [-0.15, -0.1) is 0 Å². The molecule has 1 atom stereocenters. The van der Waals surface area contributed by atoms with E-state index in [1.54, 1.807) is 0 Å². The maximum Gasteiger partial charge on any atom is 0.125 e. The second-order valence-corrected chi connectivity index (χ2v) is 6.31. The summed E-state index contributed by atoms with van der Waals surface area (Å²) in [5, 5.41) is 2.20. The van der Waals surface area contributed by atoms with Crippen LogP contribution < -0.4 is 9.62 Å². The summed E-state index contributed by atoms with van der Waals surface area (Å²) in [4.78, 5) is 2.95. The lowest BCUT2D eigenvalue weighted by molar-refractivity contribution is 0.666. The maximum atomic E-state index is 12.4. The van der Waals surface area contributed by atoms with Crippen LogP contribution >= 0.6 is 0 Å². The maximum absolute atomic E-state index is 12.4. The van der Waals surface area contributed by atoms with Crippen molar-refractivity contribution in [3.8, 4) is 0 Å². The number of benzene rings is 2. The predicted molar refractivity (Wildman–Crippen MR) is 87.6 cm³/mol. The average molecular weight is 290 g/mol. The zero-order chi connectivity index (χ0) is 14.5. The van der Waals surface area contributed by atoms with Crippen molar-refractivity contribution < 1.29 is 4.21 Å². The lowest BCUT2D eigenvalue weighted by Gasteiger charge is -2.16. The number of hydrogen-bond donors (Lipinski definition) is 1. The fourth-order valence-corrected chi connectivity index (χ4v) is 3.30. The minimum absolute atomic E-state index is 0.785. The minimum atomic E-state index is -1.15. The number of rotatable bonds is 6. The van der Waals surface area contributed by atoms with Gasteiger partial charge in [-0.05, 0) is 18.6 Å². The molecule has 1 unspecified atom stereocenters. The van der Waals surface area contributed by atoms with Crippen LogP contribution in [0.1, 0.15) is 19.8 Å². The molecule has 2 rings (SSSR count). The molecular weight excluding hydrogens is 268 g/mol. The van der Waals surface area contributed by atoms with Crippen molar-refractivity contribution in [2.45, 2.75) is 24.7 Å². The Balaban J connectivity index is 2.40. The van der Waals surface area contributed by atoms with Crippen molar-refractivity contribution >= 4 is 27.4 Å². The summed E-state index contributed by atoms with van der Waals surface area (Å²) in [6.07, 6.45) is 2.14. The Morgan fingerprint density at radius 2 is 1.80 bits per heavy atom. The van der Waals surface area contributed by atoms with E-state index in [-0.39, 0.29) is 0 Å². The van der Waals surface area contributed by atoms with Gasteiger partial charge in [-0.25, -0.2) is 8.93 Å².